The fourth-order valence-electron chi connectivity index (χ4n) is 4.05. The number of hydrogen-bond donors (Lipinski definition) is 3. The first-order valence-corrected chi connectivity index (χ1v) is 12.9. The Hall–Kier alpha value is -4.20. The van der Waals surface area contributed by atoms with Crippen LogP contribution >= 0.6 is 0 Å². The van der Waals surface area contributed by atoms with Gasteiger partial charge in [0.25, 0.3) is 5.91 Å². The van der Waals surface area contributed by atoms with Crippen LogP contribution in [0.2, 0.25) is 0 Å². The van der Waals surface area contributed by atoms with Gasteiger partial charge in [0.1, 0.15) is 11.8 Å². The molecule has 0 saturated heterocycles. The van der Waals surface area contributed by atoms with E-state index in [0.717, 1.165) is 11.1 Å². The Labute approximate surface area is 227 Å². The summed E-state index contributed by atoms with van der Waals surface area (Å²) in [6.07, 6.45) is 2.41. The van der Waals surface area contributed by atoms with Crippen molar-refractivity contribution in [2.75, 3.05) is 19.8 Å². The number of imidazole rings is 1. The maximum Gasteiger partial charge on any atom is 0.374 e. The smallest absolute Gasteiger partial charge is 0.374 e. The molecule has 0 aliphatic heterocycles. The van der Waals surface area contributed by atoms with E-state index in [2.05, 4.69) is 16.4 Å². The van der Waals surface area contributed by atoms with Crippen molar-refractivity contribution < 1.29 is 29.3 Å². The van der Waals surface area contributed by atoms with Crippen molar-refractivity contribution in [1.82, 2.24) is 14.9 Å². The summed E-state index contributed by atoms with van der Waals surface area (Å²) in [5, 5.41) is 31.3. The molecule has 1 heterocycles. The van der Waals surface area contributed by atoms with Crippen LogP contribution < -0.4 is 10.1 Å². The number of nitrogens with zero attached hydrogens (tertiary/aromatic N) is 3. The molecule has 1 unspecified atom stereocenters. The standard InChI is InChI=1S/C29H34N4O6/c1-4-38-29(37)27-32-25(18-33(27)12-14-35)21-7-5-20(6-8-21)15-24(11-13-34)31-28(36)22-9-10-26(39-19(2)3)23(16-22)17-30/h5-10,16,18-19,24,34-35H,4,11-15H2,1-3H3,(H,31,36). The lowest BCUT2D eigenvalue weighted by molar-refractivity contribution is 0.0505. The minimum absolute atomic E-state index is 0.104. The third-order valence-electron chi connectivity index (χ3n) is 5.84. The van der Waals surface area contributed by atoms with Crippen molar-refractivity contribution in [3.8, 4) is 23.1 Å². The number of hydrogen-bond acceptors (Lipinski definition) is 8. The van der Waals surface area contributed by atoms with Gasteiger partial charge < -0.3 is 29.6 Å². The van der Waals surface area contributed by atoms with Crippen molar-refractivity contribution in [2.45, 2.75) is 52.3 Å². The number of ether oxygens (including phenoxy) is 2. The highest BCUT2D eigenvalue weighted by Gasteiger charge is 2.19. The number of aromatic nitrogens is 2. The molecule has 1 atom stereocenters. The monoisotopic (exact) mass is 534 g/mol. The number of carbonyl (C=O) groups excluding carboxylic acids is 2. The van der Waals surface area contributed by atoms with Crippen LogP contribution in [-0.4, -0.2) is 63.6 Å². The van der Waals surface area contributed by atoms with Crippen LogP contribution in [-0.2, 0) is 17.7 Å². The van der Waals surface area contributed by atoms with Crippen LogP contribution in [0.5, 0.6) is 5.75 Å². The Morgan fingerprint density at radius 3 is 2.49 bits per heavy atom. The molecule has 0 bridgehead atoms. The van der Waals surface area contributed by atoms with Gasteiger partial charge in [-0.15, -0.1) is 0 Å². The highest BCUT2D eigenvalue weighted by molar-refractivity contribution is 5.95. The third kappa shape index (κ3) is 7.89. The van der Waals surface area contributed by atoms with E-state index in [0.29, 0.717) is 29.8 Å². The lowest BCUT2D eigenvalue weighted by atomic mass is 10.0. The first kappa shape index (κ1) is 29.4. The van der Waals surface area contributed by atoms with E-state index in [1.807, 2.05) is 38.1 Å². The van der Waals surface area contributed by atoms with Gasteiger partial charge in [-0.25, -0.2) is 9.78 Å². The topological polar surface area (TPSA) is 147 Å². The molecule has 0 spiro atoms. The number of nitrogens with one attached hydrogen (secondary N) is 1. The summed E-state index contributed by atoms with van der Waals surface area (Å²) in [6.45, 7) is 5.62. The van der Waals surface area contributed by atoms with Crippen molar-refractivity contribution >= 4 is 11.9 Å². The Morgan fingerprint density at radius 2 is 1.87 bits per heavy atom. The van der Waals surface area contributed by atoms with E-state index in [4.69, 9.17) is 9.47 Å². The van der Waals surface area contributed by atoms with Crippen LogP contribution in [0, 0.1) is 11.3 Å². The number of esters is 1. The van der Waals surface area contributed by atoms with Gasteiger partial charge in [0, 0.05) is 36.5 Å². The van der Waals surface area contributed by atoms with Crippen LogP contribution in [0.4, 0.5) is 0 Å². The van der Waals surface area contributed by atoms with E-state index in [9.17, 15) is 25.1 Å². The number of aliphatic hydroxyl groups is 2. The van der Waals surface area contributed by atoms with Crippen LogP contribution in [0.3, 0.4) is 0 Å². The summed E-state index contributed by atoms with van der Waals surface area (Å²) in [5.74, 6) is -0.357. The summed E-state index contributed by atoms with van der Waals surface area (Å²) in [7, 11) is 0. The molecule has 2 aromatic carbocycles. The minimum Gasteiger partial charge on any atom is -0.490 e. The summed E-state index contributed by atoms with van der Waals surface area (Å²) in [4.78, 5) is 29.6. The average Bonchev–Trinajstić information content (AvgIpc) is 3.33. The Balaban J connectivity index is 1.73. The molecule has 10 nitrogen and oxygen atoms in total. The number of aliphatic hydroxyl groups excluding tert-OH is 2. The van der Waals surface area contributed by atoms with Crippen LogP contribution in [0.25, 0.3) is 11.3 Å². The maximum absolute atomic E-state index is 12.9. The average molecular weight is 535 g/mol. The second kappa shape index (κ2) is 14.1. The summed E-state index contributed by atoms with van der Waals surface area (Å²) >= 11 is 0. The number of rotatable bonds is 13. The minimum atomic E-state index is -0.555. The summed E-state index contributed by atoms with van der Waals surface area (Å²) < 4.78 is 12.3. The van der Waals surface area contributed by atoms with Gasteiger partial charge in [-0.1, -0.05) is 24.3 Å². The number of nitriles is 1. The largest absolute Gasteiger partial charge is 0.490 e. The van der Waals surface area contributed by atoms with Gasteiger partial charge >= 0.3 is 5.97 Å². The maximum atomic E-state index is 12.9. The molecule has 1 amide bonds. The zero-order valence-electron chi connectivity index (χ0n) is 22.4. The first-order valence-electron chi connectivity index (χ1n) is 12.9. The molecular formula is C29H34N4O6. The second-order valence-electron chi connectivity index (χ2n) is 9.16. The van der Waals surface area contributed by atoms with E-state index in [1.54, 1.807) is 29.8 Å². The van der Waals surface area contributed by atoms with Crippen LogP contribution in [0.15, 0.2) is 48.7 Å². The van der Waals surface area contributed by atoms with Gasteiger partial charge in [-0.05, 0) is 57.4 Å². The lowest BCUT2D eigenvalue weighted by Gasteiger charge is -2.19. The van der Waals surface area contributed by atoms with Crippen molar-refractivity contribution in [3.05, 3.63) is 71.2 Å². The Kier molecular flexibility index (Phi) is 10.6. The van der Waals surface area contributed by atoms with Crippen molar-refractivity contribution in [3.63, 3.8) is 0 Å². The van der Waals surface area contributed by atoms with Crippen molar-refractivity contribution in [1.29, 1.82) is 5.26 Å². The van der Waals surface area contributed by atoms with Gasteiger partial charge in [0.15, 0.2) is 0 Å². The molecule has 0 aliphatic carbocycles. The van der Waals surface area contributed by atoms with E-state index in [-0.39, 0.29) is 55.8 Å². The predicted octanol–water partition coefficient (Wildman–Crippen LogP) is 3.10. The van der Waals surface area contributed by atoms with Crippen molar-refractivity contribution in [2.24, 2.45) is 0 Å². The molecule has 0 saturated carbocycles. The summed E-state index contributed by atoms with van der Waals surface area (Å²) in [5.41, 5.74) is 2.87. The normalized spacial score (nSPS) is 11.6. The molecule has 3 rings (SSSR count). The summed E-state index contributed by atoms with van der Waals surface area (Å²) in [6, 6.07) is 14.0. The number of carbonyl (C=O) groups is 2. The first-order chi connectivity index (χ1) is 18.8. The predicted molar refractivity (Wildman–Crippen MR) is 144 cm³/mol. The molecule has 3 aromatic rings. The lowest BCUT2D eigenvalue weighted by Crippen LogP contribution is -2.37. The molecule has 0 fully saturated rings. The van der Waals surface area contributed by atoms with Gasteiger partial charge in [-0.2, -0.15) is 5.26 Å². The van der Waals surface area contributed by atoms with Crippen LogP contribution in [0.1, 0.15) is 59.3 Å². The molecule has 0 aliphatic rings. The highest BCUT2D eigenvalue weighted by atomic mass is 16.5. The molecular weight excluding hydrogens is 500 g/mol. The highest BCUT2D eigenvalue weighted by Crippen LogP contribution is 2.22. The molecule has 206 valence electrons. The van der Waals surface area contributed by atoms with Gasteiger partial charge in [0.05, 0.1) is 30.6 Å². The zero-order valence-corrected chi connectivity index (χ0v) is 22.4. The molecule has 0 radical (unpaired) electrons. The second-order valence-corrected chi connectivity index (χ2v) is 9.16. The molecule has 10 heteroatoms. The van der Waals surface area contributed by atoms with E-state index < -0.39 is 5.97 Å². The fraction of sp³-hybridized carbons (Fsp3) is 0.379. The quantitative estimate of drug-likeness (QED) is 0.284. The van der Waals surface area contributed by atoms with Gasteiger partial charge in [-0.3, -0.25) is 4.79 Å². The number of benzene rings is 2. The Morgan fingerprint density at radius 1 is 1.13 bits per heavy atom. The molecule has 1 aromatic heterocycles. The van der Waals surface area contributed by atoms with E-state index in [1.165, 1.54) is 6.07 Å². The fourth-order valence-corrected chi connectivity index (χ4v) is 4.05. The van der Waals surface area contributed by atoms with Gasteiger partial charge in [0.2, 0.25) is 5.82 Å². The number of amides is 1. The zero-order chi connectivity index (χ0) is 28.4. The Bertz CT molecular complexity index is 1310. The SMILES string of the molecule is CCOC(=O)c1nc(-c2ccc(CC(CCO)NC(=O)c3ccc(OC(C)C)c(C#N)c3)cc2)cn1CCO. The molecule has 3 N–H and O–H groups in total. The van der Waals surface area contributed by atoms with E-state index >= 15 is 0 Å². The molecule has 39 heavy (non-hydrogen) atoms. The third-order valence-corrected chi connectivity index (χ3v) is 5.84.